The van der Waals surface area contributed by atoms with Gasteiger partial charge in [-0.25, -0.2) is 0 Å². The molecule has 1 heterocycles. The highest BCUT2D eigenvalue weighted by Gasteiger charge is 2.10. The maximum absolute atomic E-state index is 5.29. The Balaban J connectivity index is 2.06. The molecular weight excluding hydrogens is 188 g/mol. The molecule has 2 rings (SSSR count). The third-order valence-corrected chi connectivity index (χ3v) is 2.49. The first-order valence-corrected chi connectivity index (χ1v) is 5.18. The van der Waals surface area contributed by atoms with Gasteiger partial charge in [-0.3, -0.25) is 0 Å². The van der Waals surface area contributed by atoms with Crippen molar-refractivity contribution in [2.45, 2.75) is 12.5 Å². The van der Waals surface area contributed by atoms with Crippen LogP contribution in [-0.4, -0.2) is 19.7 Å². The second-order valence-corrected chi connectivity index (χ2v) is 3.59. The Kier molecular flexibility index (Phi) is 3.12. The average Bonchev–Trinajstić information content (AvgIpc) is 2.31. The molecule has 2 N–H and O–H groups in total. The molecule has 80 valence electrons. The summed E-state index contributed by atoms with van der Waals surface area (Å²) >= 11 is 0. The Morgan fingerprint density at radius 2 is 2.27 bits per heavy atom. The quantitative estimate of drug-likeness (QED) is 0.790. The minimum absolute atomic E-state index is 0.436. The van der Waals surface area contributed by atoms with Crippen molar-refractivity contribution in [3.63, 3.8) is 0 Å². The van der Waals surface area contributed by atoms with Crippen LogP contribution in [0.2, 0.25) is 0 Å². The van der Waals surface area contributed by atoms with E-state index in [1.54, 1.807) is 7.11 Å². The van der Waals surface area contributed by atoms with Crippen LogP contribution in [0.15, 0.2) is 36.5 Å². The average molecular weight is 204 g/mol. The number of para-hydroxylation sites is 2. The molecule has 15 heavy (non-hydrogen) atoms. The van der Waals surface area contributed by atoms with E-state index in [1.165, 1.54) is 0 Å². The summed E-state index contributed by atoms with van der Waals surface area (Å²) < 4.78 is 5.29. The molecule has 3 nitrogen and oxygen atoms in total. The van der Waals surface area contributed by atoms with E-state index in [0.717, 1.165) is 24.4 Å². The molecule has 0 amide bonds. The van der Waals surface area contributed by atoms with Gasteiger partial charge in [-0.05, 0) is 24.8 Å². The first-order chi connectivity index (χ1) is 7.40. The molecule has 0 aliphatic carbocycles. The molecule has 1 aliphatic rings. The van der Waals surface area contributed by atoms with E-state index in [4.69, 9.17) is 4.74 Å². The SMILES string of the molecule is COc1ccccc1NC1CC=CNC1. The second-order valence-electron chi connectivity index (χ2n) is 3.59. The van der Waals surface area contributed by atoms with Crippen LogP contribution >= 0.6 is 0 Å². The largest absolute Gasteiger partial charge is 0.495 e. The lowest BCUT2D eigenvalue weighted by molar-refractivity contribution is 0.415. The molecule has 0 radical (unpaired) electrons. The predicted octanol–water partition coefficient (Wildman–Crippen LogP) is 1.98. The van der Waals surface area contributed by atoms with Crippen molar-refractivity contribution in [3.05, 3.63) is 36.5 Å². The molecular formula is C12H16N2O. The van der Waals surface area contributed by atoms with Crippen molar-refractivity contribution < 1.29 is 4.74 Å². The van der Waals surface area contributed by atoms with E-state index in [1.807, 2.05) is 30.5 Å². The Hall–Kier alpha value is -1.64. The summed E-state index contributed by atoms with van der Waals surface area (Å²) in [5.74, 6) is 0.895. The molecule has 1 unspecified atom stereocenters. The molecule has 1 atom stereocenters. The number of ether oxygens (including phenoxy) is 1. The maximum Gasteiger partial charge on any atom is 0.141 e. The van der Waals surface area contributed by atoms with E-state index in [0.29, 0.717) is 6.04 Å². The Morgan fingerprint density at radius 3 is 3.00 bits per heavy atom. The standard InChI is InChI=1S/C12H16N2O/c1-15-12-7-3-2-6-11(12)14-10-5-4-8-13-9-10/h2-4,6-8,10,13-14H,5,9H2,1H3. The third-order valence-electron chi connectivity index (χ3n) is 2.49. The third kappa shape index (κ3) is 2.43. The number of anilines is 1. The topological polar surface area (TPSA) is 33.3 Å². The molecule has 3 heteroatoms. The van der Waals surface area contributed by atoms with E-state index in [-0.39, 0.29) is 0 Å². The van der Waals surface area contributed by atoms with Gasteiger partial charge in [0.25, 0.3) is 0 Å². The predicted molar refractivity (Wildman–Crippen MR) is 62.2 cm³/mol. The van der Waals surface area contributed by atoms with Crippen LogP contribution in [0, 0.1) is 0 Å². The van der Waals surface area contributed by atoms with Gasteiger partial charge in [-0.15, -0.1) is 0 Å². The zero-order valence-corrected chi connectivity index (χ0v) is 8.86. The van der Waals surface area contributed by atoms with Gasteiger partial charge in [-0.1, -0.05) is 18.2 Å². The Labute approximate surface area is 90.1 Å². The lowest BCUT2D eigenvalue weighted by Crippen LogP contribution is -2.32. The van der Waals surface area contributed by atoms with Crippen molar-refractivity contribution in [2.75, 3.05) is 19.0 Å². The summed E-state index contributed by atoms with van der Waals surface area (Å²) in [6.45, 7) is 0.953. The van der Waals surface area contributed by atoms with Gasteiger partial charge in [0.2, 0.25) is 0 Å². The van der Waals surface area contributed by atoms with Crippen LogP contribution in [0.4, 0.5) is 5.69 Å². The van der Waals surface area contributed by atoms with Crippen LogP contribution in [0.5, 0.6) is 5.75 Å². The molecule has 1 aliphatic heterocycles. The van der Waals surface area contributed by atoms with Crippen LogP contribution in [0.25, 0.3) is 0 Å². The van der Waals surface area contributed by atoms with Gasteiger partial charge < -0.3 is 15.4 Å². The van der Waals surface area contributed by atoms with E-state index in [2.05, 4.69) is 16.7 Å². The van der Waals surface area contributed by atoms with Gasteiger partial charge in [0.15, 0.2) is 0 Å². The smallest absolute Gasteiger partial charge is 0.141 e. The van der Waals surface area contributed by atoms with Gasteiger partial charge in [0.1, 0.15) is 5.75 Å². The number of hydrogen-bond donors (Lipinski definition) is 2. The lowest BCUT2D eigenvalue weighted by atomic mass is 10.1. The van der Waals surface area contributed by atoms with Crippen molar-refractivity contribution >= 4 is 5.69 Å². The number of methoxy groups -OCH3 is 1. The fraction of sp³-hybridized carbons (Fsp3) is 0.333. The van der Waals surface area contributed by atoms with Gasteiger partial charge in [0, 0.05) is 12.6 Å². The summed E-state index contributed by atoms with van der Waals surface area (Å²) in [6.07, 6.45) is 5.18. The van der Waals surface area contributed by atoms with E-state index >= 15 is 0 Å². The highest BCUT2D eigenvalue weighted by atomic mass is 16.5. The minimum Gasteiger partial charge on any atom is -0.495 e. The Bertz CT molecular complexity index is 349. The normalized spacial score (nSPS) is 19.4. The summed E-state index contributed by atoms with van der Waals surface area (Å²) in [7, 11) is 1.69. The Morgan fingerprint density at radius 1 is 1.40 bits per heavy atom. The maximum atomic E-state index is 5.29. The van der Waals surface area contributed by atoms with Crippen molar-refractivity contribution in [1.29, 1.82) is 0 Å². The highest BCUT2D eigenvalue weighted by Crippen LogP contribution is 2.24. The number of hydrogen-bond acceptors (Lipinski definition) is 3. The number of nitrogens with one attached hydrogen (secondary N) is 2. The summed E-state index contributed by atoms with van der Waals surface area (Å²) in [5, 5.41) is 6.67. The highest BCUT2D eigenvalue weighted by molar-refractivity contribution is 5.56. The van der Waals surface area contributed by atoms with Gasteiger partial charge in [0.05, 0.1) is 12.8 Å². The molecule has 0 fully saturated rings. The van der Waals surface area contributed by atoms with Crippen LogP contribution in [0.3, 0.4) is 0 Å². The summed E-state index contributed by atoms with van der Waals surface area (Å²) in [5.41, 5.74) is 1.06. The van der Waals surface area contributed by atoms with Crippen molar-refractivity contribution in [3.8, 4) is 5.75 Å². The zero-order valence-electron chi connectivity index (χ0n) is 8.86. The fourth-order valence-corrected chi connectivity index (χ4v) is 1.70. The molecule has 1 aromatic carbocycles. The molecule has 0 saturated carbocycles. The molecule has 0 spiro atoms. The molecule has 0 bridgehead atoms. The van der Waals surface area contributed by atoms with Crippen LogP contribution in [-0.2, 0) is 0 Å². The summed E-state index contributed by atoms with van der Waals surface area (Å²) in [4.78, 5) is 0. The summed E-state index contributed by atoms with van der Waals surface area (Å²) in [6, 6.07) is 8.43. The molecule has 0 saturated heterocycles. The zero-order chi connectivity index (χ0) is 10.5. The van der Waals surface area contributed by atoms with Gasteiger partial charge >= 0.3 is 0 Å². The van der Waals surface area contributed by atoms with Gasteiger partial charge in [-0.2, -0.15) is 0 Å². The van der Waals surface area contributed by atoms with Crippen LogP contribution in [0.1, 0.15) is 6.42 Å². The second kappa shape index (κ2) is 4.73. The van der Waals surface area contributed by atoms with E-state index in [9.17, 15) is 0 Å². The van der Waals surface area contributed by atoms with Crippen molar-refractivity contribution in [1.82, 2.24) is 5.32 Å². The first-order valence-electron chi connectivity index (χ1n) is 5.18. The van der Waals surface area contributed by atoms with E-state index < -0.39 is 0 Å². The number of rotatable bonds is 3. The van der Waals surface area contributed by atoms with Crippen LogP contribution < -0.4 is 15.4 Å². The van der Waals surface area contributed by atoms with Crippen molar-refractivity contribution in [2.24, 2.45) is 0 Å². The lowest BCUT2D eigenvalue weighted by Gasteiger charge is -2.22. The first kappa shape index (κ1) is 9.90. The molecule has 0 aromatic heterocycles. The fourth-order valence-electron chi connectivity index (χ4n) is 1.70. The molecule has 1 aromatic rings. The minimum atomic E-state index is 0.436. The number of benzene rings is 1. The monoisotopic (exact) mass is 204 g/mol.